The Balaban J connectivity index is 1.31. The molecule has 1 aromatic heterocycles. The van der Waals surface area contributed by atoms with Crippen LogP contribution in [0.25, 0.3) is 10.9 Å². The molecule has 0 radical (unpaired) electrons. The van der Waals surface area contributed by atoms with Crippen molar-refractivity contribution in [1.29, 1.82) is 0 Å². The Bertz CT molecular complexity index is 909. The van der Waals surface area contributed by atoms with Gasteiger partial charge in [-0.1, -0.05) is 11.6 Å². The van der Waals surface area contributed by atoms with E-state index in [1.807, 2.05) is 29.2 Å². The lowest BCUT2D eigenvalue weighted by Crippen LogP contribution is -2.54. The van der Waals surface area contributed by atoms with Crippen LogP contribution < -0.4 is 5.32 Å². The predicted molar refractivity (Wildman–Crippen MR) is 117 cm³/mol. The number of H-pyrrole nitrogens is 1. The highest BCUT2D eigenvalue weighted by Crippen LogP contribution is 2.21. The van der Waals surface area contributed by atoms with E-state index in [9.17, 15) is 9.59 Å². The van der Waals surface area contributed by atoms with E-state index in [4.69, 9.17) is 16.3 Å². The third kappa shape index (κ3) is 4.73. The number of ether oxygens (including phenoxy) is 1. The lowest BCUT2D eigenvalue weighted by atomic mass is 10.0. The van der Waals surface area contributed by atoms with Gasteiger partial charge in [-0.2, -0.15) is 0 Å². The zero-order valence-electron chi connectivity index (χ0n) is 17.3. The van der Waals surface area contributed by atoms with Crippen LogP contribution in [0.5, 0.6) is 0 Å². The second-order valence-electron chi connectivity index (χ2n) is 8.23. The number of likely N-dealkylation sites (tertiary alicyclic amines) is 1. The number of aromatic amines is 1. The van der Waals surface area contributed by atoms with Gasteiger partial charge >= 0.3 is 6.03 Å². The molecule has 2 atom stereocenters. The van der Waals surface area contributed by atoms with Crippen LogP contribution in [0.3, 0.4) is 0 Å². The van der Waals surface area contributed by atoms with Crippen LogP contribution in [0.2, 0.25) is 5.02 Å². The van der Waals surface area contributed by atoms with E-state index >= 15 is 0 Å². The molecule has 0 spiro atoms. The molecule has 2 aromatic rings. The Morgan fingerprint density at radius 2 is 2.13 bits per heavy atom. The summed E-state index contributed by atoms with van der Waals surface area (Å²) in [5, 5.41) is 4.68. The Kier molecular flexibility index (Phi) is 6.49. The standard InChI is InChI=1S/C22H29ClN4O3/c1-26(18-5-4-9-27(14-18)21(28)20-6-2-3-10-30-20)22(29)24-13-17-12-15-11-16(23)7-8-19(15)25-17/h7-8,11-12,18,20,25H,2-6,9-10,13-14H2,1H3,(H,24,29)/t18-,20?/m1/s1. The smallest absolute Gasteiger partial charge is 0.317 e. The summed E-state index contributed by atoms with van der Waals surface area (Å²) in [6.45, 7) is 2.37. The summed E-state index contributed by atoms with van der Waals surface area (Å²) in [7, 11) is 1.80. The molecule has 2 fully saturated rings. The number of urea groups is 1. The predicted octanol–water partition coefficient (Wildman–Crippen LogP) is 3.52. The maximum absolute atomic E-state index is 12.8. The maximum atomic E-state index is 12.8. The zero-order valence-corrected chi connectivity index (χ0v) is 18.1. The number of piperidine rings is 1. The lowest BCUT2D eigenvalue weighted by Gasteiger charge is -2.39. The van der Waals surface area contributed by atoms with E-state index < -0.39 is 0 Å². The van der Waals surface area contributed by atoms with E-state index in [0.717, 1.165) is 55.2 Å². The first-order valence-corrected chi connectivity index (χ1v) is 11.1. The Labute approximate surface area is 181 Å². The van der Waals surface area contributed by atoms with Crippen molar-refractivity contribution < 1.29 is 14.3 Å². The Morgan fingerprint density at radius 3 is 2.93 bits per heavy atom. The molecule has 0 bridgehead atoms. The number of halogens is 1. The second-order valence-corrected chi connectivity index (χ2v) is 8.67. The van der Waals surface area contributed by atoms with Gasteiger partial charge in [-0.15, -0.1) is 0 Å². The minimum absolute atomic E-state index is 0.00723. The summed E-state index contributed by atoms with van der Waals surface area (Å²) < 4.78 is 5.66. The molecule has 2 N–H and O–H groups in total. The van der Waals surface area contributed by atoms with Crippen LogP contribution in [0, 0.1) is 0 Å². The number of carbonyl (C=O) groups excluding carboxylic acids is 2. The van der Waals surface area contributed by atoms with Gasteiger partial charge in [0, 0.05) is 48.4 Å². The fraction of sp³-hybridized carbons (Fsp3) is 0.545. The van der Waals surface area contributed by atoms with E-state index in [-0.39, 0.29) is 24.1 Å². The summed E-state index contributed by atoms with van der Waals surface area (Å²) in [4.78, 5) is 32.4. The van der Waals surface area contributed by atoms with Crippen molar-refractivity contribution >= 4 is 34.4 Å². The molecule has 1 aromatic carbocycles. The Morgan fingerprint density at radius 1 is 1.27 bits per heavy atom. The zero-order chi connectivity index (χ0) is 21.1. The van der Waals surface area contributed by atoms with Gasteiger partial charge in [-0.3, -0.25) is 4.79 Å². The minimum Gasteiger partial charge on any atom is -0.368 e. The molecule has 162 valence electrons. The van der Waals surface area contributed by atoms with E-state index in [2.05, 4.69) is 10.3 Å². The van der Waals surface area contributed by atoms with E-state index in [1.54, 1.807) is 11.9 Å². The normalized spacial score (nSPS) is 22.1. The molecule has 30 heavy (non-hydrogen) atoms. The van der Waals surface area contributed by atoms with Gasteiger partial charge in [0.15, 0.2) is 0 Å². The average molecular weight is 433 g/mol. The minimum atomic E-state index is -0.313. The molecule has 4 rings (SSSR count). The number of fused-ring (bicyclic) bond motifs is 1. The van der Waals surface area contributed by atoms with Crippen LogP contribution in [-0.4, -0.2) is 65.6 Å². The van der Waals surface area contributed by atoms with Crippen molar-refractivity contribution in [3.05, 3.63) is 35.0 Å². The lowest BCUT2D eigenvalue weighted by molar-refractivity contribution is -0.148. The summed E-state index contributed by atoms with van der Waals surface area (Å²) in [5.41, 5.74) is 1.91. The van der Waals surface area contributed by atoms with Gasteiger partial charge in [0.25, 0.3) is 5.91 Å². The molecule has 2 aliphatic rings. The van der Waals surface area contributed by atoms with Crippen LogP contribution in [-0.2, 0) is 16.1 Å². The molecule has 2 aliphatic heterocycles. The fourth-order valence-electron chi connectivity index (χ4n) is 4.33. The summed E-state index contributed by atoms with van der Waals surface area (Å²) in [6, 6.07) is 7.53. The number of nitrogens with zero attached hydrogens (tertiary/aromatic N) is 2. The number of likely N-dealkylation sites (N-methyl/N-ethyl adjacent to an activating group) is 1. The SMILES string of the molecule is CN(C(=O)NCc1cc2cc(Cl)ccc2[nH]1)[C@@H]1CCCN(C(=O)C2CCCCO2)C1. The quantitative estimate of drug-likeness (QED) is 0.775. The van der Waals surface area contributed by atoms with Gasteiger partial charge in [0.05, 0.1) is 12.6 Å². The molecule has 2 saturated heterocycles. The monoisotopic (exact) mass is 432 g/mol. The number of benzene rings is 1. The first kappa shape index (κ1) is 21.0. The number of aromatic nitrogens is 1. The number of rotatable bonds is 4. The molecule has 1 unspecified atom stereocenters. The van der Waals surface area contributed by atoms with Crippen LogP contribution in [0.4, 0.5) is 4.79 Å². The van der Waals surface area contributed by atoms with Crippen LogP contribution in [0.1, 0.15) is 37.8 Å². The van der Waals surface area contributed by atoms with Crippen molar-refractivity contribution in [2.24, 2.45) is 0 Å². The fourth-order valence-corrected chi connectivity index (χ4v) is 4.51. The Hall–Kier alpha value is -2.25. The third-order valence-corrected chi connectivity index (χ3v) is 6.34. The highest BCUT2D eigenvalue weighted by molar-refractivity contribution is 6.31. The first-order valence-electron chi connectivity index (χ1n) is 10.7. The van der Waals surface area contributed by atoms with Gasteiger partial charge in [-0.05, 0) is 56.4 Å². The van der Waals surface area contributed by atoms with Crippen LogP contribution >= 0.6 is 11.6 Å². The molecular formula is C22H29ClN4O3. The molecular weight excluding hydrogens is 404 g/mol. The number of hydrogen-bond acceptors (Lipinski definition) is 3. The molecule has 3 heterocycles. The number of nitrogens with one attached hydrogen (secondary N) is 2. The molecule has 0 aliphatic carbocycles. The van der Waals surface area contributed by atoms with Crippen molar-refractivity contribution in [2.45, 2.75) is 50.8 Å². The molecule has 0 saturated carbocycles. The van der Waals surface area contributed by atoms with Crippen LogP contribution in [0.15, 0.2) is 24.3 Å². The van der Waals surface area contributed by atoms with Crippen molar-refractivity contribution in [1.82, 2.24) is 20.1 Å². The summed E-state index contributed by atoms with van der Waals surface area (Å²) in [6.07, 6.45) is 4.33. The largest absolute Gasteiger partial charge is 0.368 e. The molecule has 7 nitrogen and oxygen atoms in total. The molecule has 3 amide bonds. The topological polar surface area (TPSA) is 77.7 Å². The highest BCUT2D eigenvalue weighted by Gasteiger charge is 2.32. The van der Waals surface area contributed by atoms with Crippen molar-refractivity contribution in [2.75, 3.05) is 26.7 Å². The van der Waals surface area contributed by atoms with E-state index in [1.165, 1.54) is 0 Å². The maximum Gasteiger partial charge on any atom is 0.317 e. The number of carbonyl (C=O) groups is 2. The highest BCUT2D eigenvalue weighted by atomic mass is 35.5. The number of amides is 3. The second kappa shape index (κ2) is 9.27. The van der Waals surface area contributed by atoms with E-state index in [0.29, 0.717) is 24.7 Å². The molecule has 8 heteroatoms. The number of hydrogen-bond donors (Lipinski definition) is 2. The van der Waals surface area contributed by atoms with Gasteiger partial charge in [-0.25, -0.2) is 4.79 Å². The van der Waals surface area contributed by atoms with Gasteiger partial charge < -0.3 is 24.8 Å². The van der Waals surface area contributed by atoms with Crippen molar-refractivity contribution in [3.8, 4) is 0 Å². The third-order valence-electron chi connectivity index (χ3n) is 6.10. The summed E-state index contributed by atoms with van der Waals surface area (Å²) >= 11 is 6.04. The van der Waals surface area contributed by atoms with Crippen molar-refractivity contribution in [3.63, 3.8) is 0 Å². The summed E-state index contributed by atoms with van der Waals surface area (Å²) in [5.74, 6) is 0.0740. The average Bonchev–Trinajstić information content (AvgIpc) is 3.19. The van der Waals surface area contributed by atoms with Gasteiger partial charge in [0.1, 0.15) is 6.10 Å². The van der Waals surface area contributed by atoms with Gasteiger partial charge in [0.2, 0.25) is 0 Å². The first-order chi connectivity index (χ1) is 14.5.